The van der Waals surface area contributed by atoms with Crippen molar-refractivity contribution in [2.45, 2.75) is 26.4 Å². The van der Waals surface area contributed by atoms with Gasteiger partial charge >= 0.3 is 5.97 Å². The van der Waals surface area contributed by atoms with Crippen LogP contribution < -0.4 is 0 Å². The lowest BCUT2D eigenvalue weighted by Gasteiger charge is -2.06. The molecule has 1 radical (unpaired) electrons. The van der Waals surface area contributed by atoms with Crippen molar-refractivity contribution in [3.05, 3.63) is 12.2 Å². The molecule has 0 aromatic heterocycles. The van der Waals surface area contributed by atoms with Crippen LogP contribution in [-0.2, 0) is 14.0 Å². The maximum atomic E-state index is 10.9. The molecule has 0 spiro atoms. The minimum atomic E-state index is -0.609. The molecule has 0 fully saturated rings. The summed E-state index contributed by atoms with van der Waals surface area (Å²) < 4.78 is 10.3. The highest BCUT2D eigenvalue weighted by atomic mass is 28.3. The quantitative estimate of drug-likeness (QED) is 0.284. The molecule has 0 aromatic carbocycles. The average molecular weight is 201 g/mol. The van der Waals surface area contributed by atoms with E-state index in [0.717, 1.165) is 6.42 Å². The fourth-order valence-corrected chi connectivity index (χ4v) is 1.18. The van der Waals surface area contributed by atoms with Gasteiger partial charge in [0.1, 0.15) is 0 Å². The number of hydrogen-bond acceptors (Lipinski definition) is 3. The van der Waals surface area contributed by atoms with Crippen LogP contribution in [0.5, 0.6) is 0 Å². The van der Waals surface area contributed by atoms with Crippen LogP contribution in [0.15, 0.2) is 12.2 Å². The Morgan fingerprint density at radius 2 is 2.00 bits per heavy atom. The first-order valence-corrected chi connectivity index (χ1v) is 6.70. The fourth-order valence-electron chi connectivity index (χ4n) is 0.623. The molecule has 0 aliphatic rings. The van der Waals surface area contributed by atoms with E-state index in [1.54, 1.807) is 6.92 Å². The van der Waals surface area contributed by atoms with Crippen molar-refractivity contribution in [2.75, 3.05) is 13.2 Å². The van der Waals surface area contributed by atoms with Crippen LogP contribution >= 0.6 is 0 Å². The zero-order chi connectivity index (χ0) is 10.3. The van der Waals surface area contributed by atoms with E-state index < -0.39 is 9.04 Å². The van der Waals surface area contributed by atoms with Crippen LogP contribution in [0.3, 0.4) is 0 Å². The SMILES string of the molecule is C=C(C)C(=O)OCCCO[Si](C)C. The second-order valence-electron chi connectivity index (χ2n) is 3.03. The Labute approximate surface area is 81.5 Å². The second-order valence-corrected chi connectivity index (χ2v) is 5.13. The highest BCUT2D eigenvalue weighted by Crippen LogP contribution is 1.94. The first-order chi connectivity index (χ1) is 6.04. The van der Waals surface area contributed by atoms with Crippen molar-refractivity contribution >= 4 is 15.0 Å². The Bertz CT molecular complexity index is 178. The summed E-state index contributed by atoms with van der Waals surface area (Å²) in [7, 11) is -0.609. The van der Waals surface area contributed by atoms with Gasteiger partial charge in [-0.1, -0.05) is 6.58 Å². The summed E-state index contributed by atoms with van der Waals surface area (Å²) in [6.07, 6.45) is 0.759. The van der Waals surface area contributed by atoms with Gasteiger partial charge in [0.05, 0.1) is 6.61 Å². The van der Waals surface area contributed by atoms with Crippen molar-refractivity contribution in [2.24, 2.45) is 0 Å². The molecule has 0 rings (SSSR count). The minimum absolute atomic E-state index is 0.321. The molecule has 0 aromatic rings. The van der Waals surface area contributed by atoms with Gasteiger partial charge in [-0.25, -0.2) is 4.79 Å². The molecule has 0 unspecified atom stereocenters. The third kappa shape index (κ3) is 7.74. The van der Waals surface area contributed by atoms with Gasteiger partial charge in [-0.3, -0.25) is 0 Å². The molecule has 3 nitrogen and oxygen atoms in total. The lowest BCUT2D eigenvalue weighted by molar-refractivity contribution is -0.139. The van der Waals surface area contributed by atoms with Crippen LogP contribution in [0.4, 0.5) is 0 Å². The first-order valence-electron chi connectivity index (χ1n) is 4.29. The molecule has 0 saturated carbocycles. The molecule has 0 aliphatic heterocycles. The van der Waals surface area contributed by atoms with Crippen LogP contribution in [0, 0.1) is 0 Å². The molecule has 0 amide bonds. The van der Waals surface area contributed by atoms with Crippen molar-refractivity contribution in [1.82, 2.24) is 0 Å². The smallest absolute Gasteiger partial charge is 0.333 e. The molecular formula is C9H17O3Si. The summed E-state index contributed by atoms with van der Waals surface area (Å²) in [5.74, 6) is -0.321. The lowest BCUT2D eigenvalue weighted by Crippen LogP contribution is -2.12. The number of carbonyl (C=O) groups is 1. The van der Waals surface area contributed by atoms with Gasteiger partial charge in [-0.05, 0) is 20.0 Å². The van der Waals surface area contributed by atoms with E-state index in [4.69, 9.17) is 9.16 Å². The summed E-state index contributed by atoms with van der Waals surface area (Å²) in [5, 5.41) is 0. The summed E-state index contributed by atoms with van der Waals surface area (Å²) >= 11 is 0. The van der Waals surface area contributed by atoms with E-state index in [1.807, 2.05) is 0 Å². The van der Waals surface area contributed by atoms with Crippen LogP contribution in [0.1, 0.15) is 13.3 Å². The Hall–Kier alpha value is -0.613. The standard InChI is InChI=1S/C9H17O3Si/c1-8(2)9(10)11-6-5-7-12-13(3)4/h1,5-7H2,2-4H3. The molecule has 0 heterocycles. The summed E-state index contributed by atoms with van der Waals surface area (Å²) in [6.45, 7) is 10.4. The molecule has 4 heteroatoms. The van der Waals surface area contributed by atoms with Crippen LogP contribution in [-0.4, -0.2) is 28.2 Å². The monoisotopic (exact) mass is 201 g/mol. The molecule has 0 saturated heterocycles. The van der Waals surface area contributed by atoms with Gasteiger partial charge in [0, 0.05) is 18.6 Å². The van der Waals surface area contributed by atoms with Gasteiger partial charge in [0.2, 0.25) is 9.04 Å². The van der Waals surface area contributed by atoms with E-state index in [0.29, 0.717) is 18.8 Å². The van der Waals surface area contributed by atoms with Crippen molar-refractivity contribution in [3.63, 3.8) is 0 Å². The number of carbonyl (C=O) groups excluding carboxylic acids is 1. The van der Waals surface area contributed by atoms with Crippen LogP contribution in [0.25, 0.3) is 0 Å². The average Bonchev–Trinajstić information content (AvgIpc) is 2.02. The zero-order valence-corrected chi connectivity index (χ0v) is 9.55. The summed E-state index contributed by atoms with van der Waals surface area (Å²) in [6, 6.07) is 0. The number of rotatable bonds is 6. The fraction of sp³-hybridized carbons (Fsp3) is 0.667. The number of hydrogen-bond donors (Lipinski definition) is 0. The zero-order valence-electron chi connectivity index (χ0n) is 8.55. The first kappa shape index (κ1) is 12.4. The predicted octanol–water partition coefficient (Wildman–Crippen LogP) is 1.76. The minimum Gasteiger partial charge on any atom is -0.462 e. The van der Waals surface area contributed by atoms with E-state index in [9.17, 15) is 4.79 Å². The number of ether oxygens (including phenoxy) is 1. The topological polar surface area (TPSA) is 35.5 Å². The lowest BCUT2D eigenvalue weighted by atomic mass is 10.4. The Balaban J connectivity index is 3.26. The van der Waals surface area contributed by atoms with Gasteiger partial charge < -0.3 is 9.16 Å². The Kier molecular flexibility index (Phi) is 6.53. The van der Waals surface area contributed by atoms with E-state index in [-0.39, 0.29) is 5.97 Å². The molecular weight excluding hydrogens is 184 g/mol. The number of esters is 1. The molecule has 0 atom stereocenters. The van der Waals surface area contributed by atoms with Crippen molar-refractivity contribution < 1.29 is 14.0 Å². The van der Waals surface area contributed by atoms with Crippen molar-refractivity contribution in [1.29, 1.82) is 0 Å². The van der Waals surface area contributed by atoms with Gasteiger partial charge in [0.15, 0.2) is 0 Å². The maximum absolute atomic E-state index is 10.9. The summed E-state index contributed by atoms with van der Waals surface area (Å²) in [5.41, 5.74) is 0.441. The molecule has 13 heavy (non-hydrogen) atoms. The molecule has 0 bridgehead atoms. The second kappa shape index (κ2) is 6.86. The van der Waals surface area contributed by atoms with Gasteiger partial charge in [-0.15, -0.1) is 0 Å². The molecule has 75 valence electrons. The molecule has 0 N–H and O–H groups in total. The van der Waals surface area contributed by atoms with Crippen molar-refractivity contribution in [3.8, 4) is 0 Å². The van der Waals surface area contributed by atoms with Crippen LogP contribution in [0.2, 0.25) is 13.1 Å². The highest BCUT2D eigenvalue weighted by Gasteiger charge is 2.02. The Morgan fingerprint density at radius 1 is 1.38 bits per heavy atom. The van der Waals surface area contributed by atoms with Gasteiger partial charge in [0.25, 0.3) is 0 Å². The maximum Gasteiger partial charge on any atom is 0.333 e. The Morgan fingerprint density at radius 3 is 2.46 bits per heavy atom. The summed E-state index contributed by atoms with van der Waals surface area (Å²) in [4.78, 5) is 10.9. The third-order valence-electron chi connectivity index (χ3n) is 1.26. The third-order valence-corrected chi connectivity index (χ3v) is 2.04. The van der Waals surface area contributed by atoms with E-state index >= 15 is 0 Å². The highest BCUT2D eigenvalue weighted by molar-refractivity contribution is 6.48. The predicted molar refractivity (Wildman–Crippen MR) is 53.8 cm³/mol. The molecule has 0 aliphatic carbocycles. The van der Waals surface area contributed by atoms with Gasteiger partial charge in [-0.2, -0.15) is 0 Å². The largest absolute Gasteiger partial charge is 0.462 e. The normalized spacial score (nSPS) is 10.2. The van der Waals surface area contributed by atoms with E-state index in [1.165, 1.54) is 0 Å². The van der Waals surface area contributed by atoms with E-state index in [2.05, 4.69) is 19.7 Å².